The molecule has 1 heterocycles. The fraction of sp³-hybridized carbons (Fsp3) is 0.786. The maximum absolute atomic E-state index is 12.3. The number of amides is 1. The molecule has 2 aliphatic rings. The van der Waals surface area contributed by atoms with Crippen LogP contribution >= 0.6 is 0 Å². The molecule has 4 heteroatoms. The van der Waals surface area contributed by atoms with Gasteiger partial charge in [0.05, 0.1) is 6.04 Å². The quantitative estimate of drug-likeness (QED) is 0.699. The van der Waals surface area contributed by atoms with Gasteiger partial charge in [0.2, 0.25) is 5.91 Å². The maximum Gasteiger partial charge on any atom is 0.238 e. The molecule has 1 saturated carbocycles. The van der Waals surface area contributed by atoms with Gasteiger partial charge in [-0.2, -0.15) is 0 Å². The molecule has 0 aromatic rings. The first-order valence-corrected chi connectivity index (χ1v) is 6.82. The van der Waals surface area contributed by atoms with Gasteiger partial charge in [0.15, 0.2) is 0 Å². The molecule has 1 aliphatic carbocycles. The molecule has 2 fully saturated rings. The molecule has 0 aromatic heterocycles. The van der Waals surface area contributed by atoms with Crippen LogP contribution in [0.3, 0.4) is 0 Å². The van der Waals surface area contributed by atoms with Gasteiger partial charge in [-0.15, -0.1) is 6.42 Å². The summed E-state index contributed by atoms with van der Waals surface area (Å²) in [5, 5.41) is 3.10. The highest BCUT2D eigenvalue weighted by Crippen LogP contribution is 2.28. The van der Waals surface area contributed by atoms with Crippen LogP contribution in [0, 0.1) is 12.3 Å². The van der Waals surface area contributed by atoms with E-state index >= 15 is 0 Å². The number of hydrogen-bond donors (Lipinski definition) is 2. The number of likely N-dealkylation sites (N-methyl/N-ethyl adjacent to an activating group) is 1. The number of nitrogens with two attached hydrogens (primary N) is 1. The van der Waals surface area contributed by atoms with E-state index in [-0.39, 0.29) is 18.0 Å². The third-order valence-corrected chi connectivity index (χ3v) is 4.23. The van der Waals surface area contributed by atoms with Crippen LogP contribution in [0.2, 0.25) is 0 Å². The molecule has 3 N–H and O–H groups in total. The van der Waals surface area contributed by atoms with E-state index in [0.29, 0.717) is 0 Å². The average Bonchev–Trinajstić information content (AvgIpc) is 2.70. The van der Waals surface area contributed by atoms with E-state index in [1.54, 1.807) is 0 Å². The second-order valence-corrected chi connectivity index (χ2v) is 5.73. The van der Waals surface area contributed by atoms with Gasteiger partial charge in [0.1, 0.15) is 5.54 Å². The predicted octanol–water partition coefficient (Wildman–Crippen LogP) is 0.470. The summed E-state index contributed by atoms with van der Waals surface area (Å²) in [4.78, 5) is 14.4. The van der Waals surface area contributed by atoms with Crippen LogP contribution < -0.4 is 11.1 Å². The summed E-state index contributed by atoms with van der Waals surface area (Å²) in [5.41, 5.74) is 5.48. The largest absolute Gasteiger partial charge is 0.338 e. The van der Waals surface area contributed by atoms with E-state index in [4.69, 9.17) is 12.2 Å². The number of nitrogens with zero attached hydrogens (tertiary/aromatic N) is 1. The van der Waals surface area contributed by atoms with E-state index < -0.39 is 5.54 Å². The average molecular weight is 249 g/mol. The van der Waals surface area contributed by atoms with Gasteiger partial charge in [-0.05, 0) is 26.3 Å². The van der Waals surface area contributed by atoms with Gasteiger partial charge < -0.3 is 11.1 Å². The third-order valence-electron chi connectivity index (χ3n) is 4.23. The summed E-state index contributed by atoms with van der Waals surface area (Å²) < 4.78 is 0. The summed E-state index contributed by atoms with van der Waals surface area (Å²) >= 11 is 0. The number of carbonyl (C=O) groups is 1. The lowest BCUT2D eigenvalue weighted by atomic mass is 9.82. The molecule has 0 aromatic carbocycles. The van der Waals surface area contributed by atoms with Crippen molar-refractivity contribution in [2.75, 3.05) is 13.6 Å². The molecular weight excluding hydrogens is 226 g/mol. The van der Waals surface area contributed by atoms with Crippen LogP contribution in [0.25, 0.3) is 0 Å². The first-order chi connectivity index (χ1) is 8.56. The summed E-state index contributed by atoms with van der Waals surface area (Å²) in [7, 11) is 1.94. The Morgan fingerprint density at radius 3 is 2.61 bits per heavy atom. The minimum Gasteiger partial charge on any atom is -0.338 e. The zero-order valence-electron chi connectivity index (χ0n) is 11.1. The van der Waals surface area contributed by atoms with Gasteiger partial charge in [-0.3, -0.25) is 9.69 Å². The van der Waals surface area contributed by atoms with Crippen LogP contribution in [-0.4, -0.2) is 42.0 Å². The smallest absolute Gasteiger partial charge is 0.238 e. The highest BCUT2D eigenvalue weighted by molar-refractivity contribution is 5.83. The SMILES string of the molecule is C#CC1(NC(=O)[C@@H]2C[C@H](N)CN2C)CCCCC1. The molecule has 1 amide bonds. The Morgan fingerprint density at radius 2 is 2.11 bits per heavy atom. The molecule has 2 rings (SSSR count). The second-order valence-electron chi connectivity index (χ2n) is 5.73. The van der Waals surface area contributed by atoms with Crippen molar-refractivity contribution in [2.45, 2.75) is 56.1 Å². The standard InChI is InChI=1S/C14H23N3O/c1-3-14(7-5-4-6-8-14)16-13(18)12-9-11(15)10-17(12)2/h1,11-12H,4-10,15H2,2H3,(H,16,18)/t11-,12-/m0/s1. The number of rotatable bonds is 2. The molecule has 0 radical (unpaired) electrons. The Morgan fingerprint density at radius 1 is 1.44 bits per heavy atom. The number of hydrogen-bond acceptors (Lipinski definition) is 3. The molecule has 1 aliphatic heterocycles. The van der Waals surface area contributed by atoms with Crippen LogP contribution in [-0.2, 0) is 4.79 Å². The summed E-state index contributed by atoms with van der Waals surface area (Å²) in [6, 6.07) is -0.0222. The number of terminal acetylenes is 1. The molecule has 4 nitrogen and oxygen atoms in total. The lowest BCUT2D eigenvalue weighted by Gasteiger charge is -2.35. The Hall–Kier alpha value is -1.05. The molecule has 18 heavy (non-hydrogen) atoms. The van der Waals surface area contributed by atoms with Crippen molar-refractivity contribution < 1.29 is 4.79 Å². The molecule has 1 saturated heterocycles. The number of nitrogens with one attached hydrogen (secondary N) is 1. The Labute approximate surface area is 109 Å². The van der Waals surface area contributed by atoms with Crippen LogP contribution in [0.5, 0.6) is 0 Å². The topological polar surface area (TPSA) is 58.4 Å². The minimum absolute atomic E-state index is 0.0466. The zero-order valence-corrected chi connectivity index (χ0v) is 11.1. The van der Waals surface area contributed by atoms with Gasteiger partial charge >= 0.3 is 0 Å². The summed E-state index contributed by atoms with van der Waals surface area (Å²) in [5.74, 6) is 2.86. The van der Waals surface area contributed by atoms with E-state index in [1.807, 2.05) is 11.9 Å². The normalized spacial score (nSPS) is 31.8. The third kappa shape index (κ3) is 2.68. The molecule has 0 unspecified atom stereocenters. The summed E-state index contributed by atoms with van der Waals surface area (Å²) in [6.07, 6.45) is 11.6. The fourth-order valence-corrected chi connectivity index (χ4v) is 3.13. The monoisotopic (exact) mass is 249 g/mol. The van der Waals surface area contributed by atoms with Crippen molar-refractivity contribution in [3.8, 4) is 12.3 Å². The first kappa shape index (κ1) is 13.4. The number of carbonyl (C=O) groups excluding carboxylic acids is 1. The van der Waals surface area contributed by atoms with Crippen LogP contribution in [0.4, 0.5) is 0 Å². The molecule has 0 bridgehead atoms. The van der Waals surface area contributed by atoms with E-state index in [2.05, 4.69) is 11.2 Å². The van der Waals surface area contributed by atoms with Crippen molar-refractivity contribution in [2.24, 2.45) is 5.73 Å². The van der Waals surface area contributed by atoms with Gasteiger partial charge in [-0.25, -0.2) is 0 Å². The van der Waals surface area contributed by atoms with Crippen molar-refractivity contribution in [3.63, 3.8) is 0 Å². The Kier molecular flexibility index (Phi) is 3.94. The van der Waals surface area contributed by atoms with Crippen molar-refractivity contribution in [1.29, 1.82) is 0 Å². The van der Waals surface area contributed by atoms with E-state index in [1.165, 1.54) is 6.42 Å². The van der Waals surface area contributed by atoms with E-state index in [0.717, 1.165) is 38.6 Å². The predicted molar refractivity (Wildman–Crippen MR) is 71.8 cm³/mol. The highest BCUT2D eigenvalue weighted by atomic mass is 16.2. The van der Waals surface area contributed by atoms with Gasteiger partial charge in [0.25, 0.3) is 0 Å². The molecule has 0 spiro atoms. The Balaban J connectivity index is 2.00. The van der Waals surface area contributed by atoms with Crippen molar-refractivity contribution >= 4 is 5.91 Å². The van der Waals surface area contributed by atoms with Crippen LogP contribution in [0.1, 0.15) is 38.5 Å². The highest BCUT2D eigenvalue weighted by Gasteiger charge is 2.38. The van der Waals surface area contributed by atoms with Crippen molar-refractivity contribution in [1.82, 2.24) is 10.2 Å². The van der Waals surface area contributed by atoms with E-state index in [9.17, 15) is 4.79 Å². The summed E-state index contributed by atoms with van der Waals surface area (Å²) in [6.45, 7) is 0.779. The molecule has 2 atom stereocenters. The maximum atomic E-state index is 12.3. The number of likely N-dealkylation sites (tertiary alicyclic amines) is 1. The first-order valence-electron chi connectivity index (χ1n) is 6.82. The van der Waals surface area contributed by atoms with Crippen molar-refractivity contribution in [3.05, 3.63) is 0 Å². The lowest BCUT2D eigenvalue weighted by molar-refractivity contribution is -0.126. The zero-order chi connectivity index (χ0) is 13.2. The van der Waals surface area contributed by atoms with Gasteiger partial charge in [-0.1, -0.05) is 25.2 Å². The second kappa shape index (κ2) is 5.29. The van der Waals surface area contributed by atoms with Crippen LogP contribution in [0.15, 0.2) is 0 Å². The van der Waals surface area contributed by atoms with Gasteiger partial charge in [0, 0.05) is 12.6 Å². The Bertz CT molecular complexity index is 355. The fourth-order valence-electron chi connectivity index (χ4n) is 3.13. The molecular formula is C14H23N3O. The minimum atomic E-state index is -0.414. The lowest BCUT2D eigenvalue weighted by Crippen LogP contribution is -2.53. The molecule has 100 valence electrons.